The summed E-state index contributed by atoms with van der Waals surface area (Å²) in [5.74, 6) is 0.365. The van der Waals surface area contributed by atoms with Crippen molar-refractivity contribution in [2.45, 2.75) is 13.8 Å². The van der Waals surface area contributed by atoms with Crippen molar-refractivity contribution in [1.29, 1.82) is 0 Å². The van der Waals surface area contributed by atoms with Crippen LogP contribution in [0.3, 0.4) is 0 Å². The van der Waals surface area contributed by atoms with Crippen LogP contribution in [0.15, 0.2) is 12.1 Å². The van der Waals surface area contributed by atoms with Crippen molar-refractivity contribution in [3.63, 3.8) is 0 Å². The van der Waals surface area contributed by atoms with E-state index in [9.17, 15) is 4.79 Å². The quantitative estimate of drug-likeness (QED) is 0.713. The first kappa shape index (κ1) is 18.5. The van der Waals surface area contributed by atoms with Crippen LogP contribution in [-0.4, -0.2) is 45.1 Å². The van der Waals surface area contributed by atoms with E-state index >= 15 is 0 Å². The number of halogens is 2. The van der Waals surface area contributed by atoms with Gasteiger partial charge in [0.25, 0.3) is 5.91 Å². The maximum atomic E-state index is 12.4. The molecule has 0 unspecified atom stereocenters. The van der Waals surface area contributed by atoms with Crippen molar-refractivity contribution in [2.75, 3.05) is 34.3 Å². The predicted octanol–water partition coefficient (Wildman–Crippen LogP) is 3.27. The Balaban J connectivity index is 2.83. The van der Waals surface area contributed by atoms with Crippen molar-refractivity contribution in [3.8, 4) is 5.75 Å². The molecule has 0 bridgehead atoms. The standard InChI is InChI=1S/C15H22ClIN2O2/c1-15(2,9-19(3)4)8-18-14(20)10-6-11(16)12(17)7-13(10)21-5/h6-7H,8-9H2,1-5H3,(H,18,20). The van der Waals surface area contributed by atoms with Gasteiger partial charge in [-0.25, -0.2) is 0 Å². The molecule has 0 aliphatic carbocycles. The zero-order valence-corrected chi connectivity index (χ0v) is 16.0. The number of carbonyl (C=O) groups excluding carboxylic acids is 1. The fraction of sp³-hybridized carbons (Fsp3) is 0.533. The minimum Gasteiger partial charge on any atom is -0.496 e. The number of hydrogen-bond donors (Lipinski definition) is 1. The Morgan fingerprint density at radius 2 is 2.05 bits per heavy atom. The van der Waals surface area contributed by atoms with Gasteiger partial charge in [-0.3, -0.25) is 4.79 Å². The third-order valence-corrected chi connectivity index (χ3v) is 4.48. The molecule has 1 aromatic carbocycles. The lowest BCUT2D eigenvalue weighted by molar-refractivity contribution is 0.0926. The number of methoxy groups -OCH3 is 1. The van der Waals surface area contributed by atoms with E-state index in [2.05, 4.69) is 46.7 Å². The Kier molecular flexibility index (Phi) is 6.74. The highest BCUT2D eigenvalue weighted by molar-refractivity contribution is 14.1. The summed E-state index contributed by atoms with van der Waals surface area (Å²) in [7, 11) is 5.59. The first-order valence-corrected chi connectivity index (χ1v) is 8.08. The second-order valence-electron chi connectivity index (χ2n) is 6.05. The lowest BCUT2D eigenvalue weighted by Gasteiger charge is -2.28. The Morgan fingerprint density at radius 1 is 1.43 bits per heavy atom. The number of amides is 1. The first-order valence-electron chi connectivity index (χ1n) is 6.62. The Hall–Kier alpha value is -0.530. The molecular formula is C15H22ClIN2O2. The summed E-state index contributed by atoms with van der Waals surface area (Å²) in [6.07, 6.45) is 0. The summed E-state index contributed by atoms with van der Waals surface area (Å²) in [5, 5.41) is 3.51. The Labute approximate surface area is 145 Å². The maximum Gasteiger partial charge on any atom is 0.255 e. The van der Waals surface area contributed by atoms with Crippen molar-refractivity contribution in [1.82, 2.24) is 10.2 Å². The first-order chi connectivity index (χ1) is 9.66. The molecule has 0 aliphatic heterocycles. The predicted molar refractivity (Wildman–Crippen MR) is 95.4 cm³/mol. The number of nitrogens with one attached hydrogen (secondary N) is 1. The van der Waals surface area contributed by atoms with E-state index in [1.807, 2.05) is 14.1 Å². The molecule has 21 heavy (non-hydrogen) atoms. The molecular weight excluding hydrogens is 403 g/mol. The van der Waals surface area contributed by atoms with E-state index in [0.29, 0.717) is 22.9 Å². The number of rotatable bonds is 6. The van der Waals surface area contributed by atoms with Gasteiger partial charge in [-0.15, -0.1) is 0 Å². The lowest BCUT2D eigenvalue weighted by Crippen LogP contribution is -2.40. The maximum absolute atomic E-state index is 12.4. The second kappa shape index (κ2) is 7.65. The average molecular weight is 425 g/mol. The fourth-order valence-corrected chi connectivity index (χ4v) is 2.80. The third kappa shape index (κ3) is 5.64. The Morgan fingerprint density at radius 3 is 2.57 bits per heavy atom. The van der Waals surface area contributed by atoms with E-state index in [-0.39, 0.29) is 11.3 Å². The highest BCUT2D eigenvalue weighted by atomic mass is 127. The van der Waals surface area contributed by atoms with Crippen LogP contribution in [0.1, 0.15) is 24.2 Å². The molecule has 6 heteroatoms. The highest BCUT2D eigenvalue weighted by Gasteiger charge is 2.22. The van der Waals surface area contributed by atoms with Crippen LogP contribution in [0.4, 0.5) is 0 Å². The number of hydrogen-bond acceptors (Lipinski definition) is 3. The monoisotopic (exact) mass is 424 g/mol. The van der Waals surface area contributed by atoms with E-state index < -0.39 is 0 Å². The minimum absolute atomic E-state index is 0.0145. The molecule has 1 N–H and O–H groups in total. The van der Waals surface area contributed by atoms with Crippen LogP contribution >= 0.6 is 34.2 Å². The van der Waals surface area contributed by atoms with Gasteiger partial charge in [0.15, 0.2) is 0 Å². The van der Waals surface area contributed by atoms with Crippen LogP contribution in [0, 0.1) is 8.99 Å². The Bertz CT molecular complexity index is 519. The van der Waals surface area contributed by atoms with Crippen molar-refractivity contribution in [3.05, 3.63) is 26.3 Å². The van der Waals surface area contributed by atoms with Gasteiger partial charge < -0.3 is 15.0 Å². The van der Waals surface area contributed by atoms with Gasteiger partial charge in [-0.2, -0.15) is 0 Å². The molecule has 1 rings (SSSR count). The summed E-state index contributed by atoms with van der Waals surface area (Å²) in [4.78, 5) is 14.5. The summed E-state index contributed by atoms with van der Waals surface area (Å²) in [6, 6.07) is 3.42. The van der Waals surface area contributed by atoms with Gasteiger partial charge in [0.05, 0.1) is 17.7 Å². The summed E-state index contributed by atoms with van der Waals surface area (Å²) in [5.41, 5.74) is 0.447. The topological polar surface area (TPSA) is 41.6 Å². The zero-order valence-electron chi connectivity index (χ0n) is 13.1. The van der Waals surface area contributed by atoms with Crippen molar-refractivity contribution >= 4 is 40.1 Å². The van der Waals surface area contributed by atoms with Gasteiger partial charge in [0, 0.05) is 16.7 Å². The molecule has 4 nitrogen and oxygen atoms in total. The normalized spacial score (nSPS) is 11.6. The number of ether oxygens (including phenoxy) is 1. The lowest BCUT2D eigenvalue weighted by atomic mass is 9.93. The van der Waals surface area contributed by atoms with E-state index in [4.69, 9.17) is 16.3 Å². The van der Waals surface area contributed by atoms with Crippen LogP contribution in [0.2, 0.25) is 5.02 Å². The number of benzene rings is 1. The molecule has 0 aliphatic rings. The molecule has 0 saturated heterocycles. The van der Waals surface area contributed by atoms with E-state index in [1.54, 1.807) is 19.2 Å². The van der Waals surface area contributed by atoms with Crippen LogP contribution in [0.25, 0.3) is 0 Å². The molecule has 118 valence electrons. The molecule has 0 atom stereocenters. The summed E-state index contributed by atoms with van der Waals surface area (Å²) < 4.78 is 6.12. The highest BCUT2D eigenvalue weighted by Crippen LogP contribution is 2.28. The largest absolute Gasteiger partial charge is 0.496 e. The minimum atomic E-state index is -0.169. The zero-order chi connectivity index (χ0) is 16.2. The number of nitrogens with zero attached hydrogens (tertiary/aromatic N) is 1. The van der Waals surface area contributed by atoms with Gasteiger partial charge in [0.1, 0.15) is 5.75 Å². The molecule has 0 radical (unpaired) electrons. The molecule has 0 fully saturated rings. The van der Waals surface area contributed by atoms with Crippen molar-refractivity contribution < 1.29 is 9.53 Å². The molecule has 0 saturated carbocycles. The van der Waals surface area contributed by atoms with Crippen LogP contribution < -0.4 is 10.1 Å². The van der Waals surface area contributed by atoms with Crippen molar-refractivity contribution in [2.24, 2.45) is 5.41 Å². The average Bonchev–Trinajstić information content (AvgIpc) is 2.37. The molecule has 0 heterocycles. The SMILES string of the molecule is COc1cc(I)c(Cl)cc1C(=O)NCC(C)(C)CN(C)C. The second-order valence-corrected chi connectivity index (χ2v) is 7.62. The van der Waals surface area contributed by atoms with Gasteiger partial charge in [-0.1, -0.05) is 25.4 Å². The molecule has 1 amide bonds. The number of carbonyl (C=O) groups is 1. The van der Waals surface area contributed by atoms with E-state index in [1.165, 1.54) is 0 Å². The summed E-state index contributed by atoms with van der Waals surface area (Å²) in [6.45, 7) is 5.70. The van der Waals surface area contributed by atoms with E-state index in [0.717, 1.165) is 10.1 Å². The summed E-state index contributed by atoms with van der Waals surface area (Å²) >= 11 is 8.21. The molecule has 0 spiro atoms. The van der Waals surface area contributed by atoms with Gasteiger partial charge in [-0.05, 0) is 54.2 Å². The molecule has 0 aromatic heterocycles. The van der Waals surface area contributed by atoms with Gasteiger partial charge in [0.2, 0.25) is 0 Å². The van der Waals surface area contributed by atoms with Crippen LogP contribution in [0.5, 0.6) is 5.75 Å². The van der Waals surface area contributed by atoms with Gasteiger partial charge >= 0.3 is 0 Å². The third-order valence-electron chi connectivity index (χ3n) is 2.96. The smallest absolute Gasteiger partial charge is 0.255 e. The fourth-order valence-electron chi connectivity index (χ4n) is 2.20. The molecule has 1 aromatic rings. The van der Waals surface area contributed by atoms with Crippen LogP contribution in [-0.2, 0) is 0 Å².